The van der Waals surface area contributed by atoms with Crippen LogP contribution in [-0.4, -0.2) is 34.3 Å². The van der Waals surface area contributed by atoms with Crippen molar-refractivity contribution in [3.8, 4) is 0 Å². The molecule has 2 aromatic heterocycles. The standard InChI is InChI=1S/C12H13ClN4S/c1-17(7-3-4-7)11-8-6-14-12(18-2)15-9(8)5-10(13)16-11/h5-7H,3-4H2,1-2H3. The molecule has 0 amide bonds. The maximum Gasteiger partial charge on any atom is 0.187 e. The summed E-state index contributed by atoms with van der Waals surface area (Å²) in [7, 11) is 2.05. The maximum atomic E-state index is 6.08. The number of halogens is 1. The molecule has 6 heteroatoms. The van der Waals surface area contributed by atoms with Gasteiger partial charge in [0.1, 0.15) is 11.0 Å². The van der Waals surface area contributed by atoms with Crippen LogP contribution < -0.4 is 4.90 Å². The first-order chi connectivity index (χ1) is 8.69. The van der Waals surface area contributed by atoms with Gasteiger partial charge >= 0.3 is 0 Å². The van der Waals surface area contributed by atoms with E-state index in [1.807, 2.05) is 12.5 Å². The van der Waals surface area contributed by atoms with Gasteiger partial charge in [-0.2, -0.15) is 0 Å². The number of hydrogen-bond acceptors (Lipinski definition) is 5. The Hall–Kier alpha value is -1.07. The third-order valence-corrected chi connectivity index (χ3v) is 3.87. The number of nitrogens with zero attached hydrogens (tertiary/aromatic N) is 4. The second-order valence-corrected chi connectivity index (χ2v) is 5.56. The number of anilines is 1. The summed E-state index contributed by atoms with van der Waals surface area (Å²) in [6.07, 6.45) is 6.23. The normalized spacial score (nSPS) is 15.1. The van der Waals surface area contributed by atoms with E-state index in [9.17, 15) is 0 Å². The van der Waals surface area contributed by atoms with Crippen molar-refractivity contribution in [3.63, 3.8) is 0 Å². The molecule has 0 radical (unpaired) electrons. The van der Waals surface area contributed by atoms with Gasteiger partial charge in [-0.15, -0.1) is 0 Å². The third kappa shape index (κ3) is 2.12. The summed E-state index contributed by atoms with van der Waals surface area (Å²) < 4.78 is 0. The summed E-state index contributed by atoms with van der Waals surface area (Å²) in [5.41, 5.74) is 0.858. The van der Waals surface area contributed by atoms with Crippen LogP contribution in [0, 0.1) is 0 Å². The number of thioether (sulfide) groups is 1. The summed E-state index contributed by atoms with van der Waals surface area (Å²) in [6.45, 7) is 0. The zero-order valence-corrected chi connectivity index (χ0v) is 11.8. The molecule has 2 aromatic rings. The van der Waals surface area contributed by atoms with Crippen LogP contribution in [0.5, 0.6) is 0 Å². The molecule has 0 bridgehead atoms. The summed E-state index contributed by atoms with van der Waals surface area (Å²) >= 11 is 7.61. The van der Waals surface area contributed by atoms with Crippen LogP contribution in [0.15, 0.2) is 17.4 Å². The molecule has 18 heavy (non-hydrogen) atoms. The second kappa shape index (κ2) is 4.55. The van der Waals surface area contributed by atoms with Crippen LogP contribution >= 0.6 is 23.4 Å². The number of fused-ring (bicyclic) bond motifs is 1. The van der Waals surface area contributed by atoms with Gasteiger partial charge in [0, 0.05) is 25.4 Å². The van der Waals surface area contributed by atoms with E-state index in [0.29, 0.717) is 11.2 Å². The Morgan fingerprint density at radius 2 is 2.17 bits per heavy atom. The van der Waals surface area contributed by atoms with Crippen LogP contribution in [0.1, 0.15) is 12.8 Å². The van der Waals surface area contributed by atoms with Gasteiger partial charge in [-0.1, -0.05) is 23.4 Å². The summed E-state index contributed by atoms with van der Waals surface area (Å²) in [5, 5.41) is 2.20. The molecule has 3 rings (SSSR count). The highest BCUT2D eigenvalue weighted by Gasteiger charge is 2.28. The molecule has 0 N–H and O–H groups in total. The average Bonchev–Trinajstić information content (AvgIpc) is 3.20. The molecule has 94 valence electrons. The lowest BCUT2D eigenvalue weighted by molar-refractivity contribution is 0.895. The molecule has 2 heterocycles. The fraction of sp³-hybridized carbons (Fsp3) is 0.417. The molecule has 0 atom stereocenters. The van der Waals surface area contributed by atoms with Crippen LogP contribution in [-0.2, 0) is 0 Å². The van der Waals surface area contributed by atoms with E-state index in [4.69, 9.17) is 11.6 Å². The summed E-state index contributed by atoms with van der Waals surface area (Å²) in [6, 6.07) is 2.38. The zero-order valence-electron chi connectivity index (χ0n) is 10.2. The zero-order chi connectivity index (χ0) is 12.7. The fourth-order valence-electron chi connectivity index (χ4n) is 1.97. The van der Waals surface area contributed by atoms with Gasteiger partial charge < -0.3 is 4.90 Å². The van der Waals surface area contributed by atoms with E-state index < -0.39 is 0 Å². The van der Waals surface area contributed by atoms with Crippen LogP contribution in [0.2, 0.25) is 5.15 Å². The number of hydrogen-bond donors (Lipinski definition) is 0. The van der Waals surface area contributed by atoms with Crippen molar-refractivity contribution in [1.29, 1.82) is 0 Å². The molecule has 0 unspecified atom stereocenters. The Kier molecular flexibility index (Phi) is 3.03. The molecule has 1 fully saturated rings. The summed E-state index contributed by atoms with van der Waals surface area (Å²) in [4.78, 5) is 15.4. The van der Waals surface area contributed by atoms with Gasteiger partial charge in [0.2, 0.25) is 0 Å². The van der Waals surface area contributed by atoms with Crippen LogP contribution in [0.25, 0.3) is 10.9 Å². The molecule has 0 aliphatic heterocycles. The Balaban J connectivity index is 2.17. The van der Waals surface area contributed by atoms with Crippen molar-refractivity contribution in [3.05, 3.63) is 17.4 Å². The number of rotatable bonds is 3. The van der Waals surface area contributed by atoms with Gasteiger partial charge in [0.05, 0.1) is 10.9 Å². The summed E-state index contributed by atoms with van der Waals surface area (Å²) in [5.74, 6) is 0.882. The molecule has 0 aromatic carbocycles. The van der Waals surface area contributed by atoms with Gasteiger partial charge in [-0.05, 0) is 19.1 Å². The highest BCUT2D eigenvalue weighted by Crippen LogP contribution is 2.34. The van der Waals surface area contributed by atoms with Crippen molar-refractivity contribution in [2.45, 2.75) is 24.0 Å². The average molecular weight is 281 g/mol. The van der Waals surface area contributed by atoms with Crippen molar-refractivity contribution >= 4 is 40.1 Å². The minimum absolute atomic E-state index is 0.482. The molecule has 4 nitrogen and oxygen atoms in total. The van der Waals surface area contributed by atoms with Crippen LogP contribution in [0.3, 0.4) is 0 Å². The molecular formula is C12H13ClN4S. The molecule has 1 saturated carbocycles. The van der Waals surface area contributed by atoms with E-state index in [1.54, 1.807) is 6.07 Å². The third-order valence-electron chi connectivity index (χ3n) is 3.12. The van der Waals surface area contributed by atoms with E-state index in [2.05, 4.69) is 26.9 Å². The van der Waals surface area contributed by atoms with E-state index >= 15 is 0 Å². The molecule has 0 spiro atoms. The topological polar surface area (TPSA) is 41.9 Å². The fourth-order valence-corrected chi connectivity index (χ4v) is 2.50. The van der Waals surface area contributed by atoms with E-state index in [-0.39, 0.29) is 0 Å². The Labute approximate surface area is 115 Å². The Morgan fingerprint density at radius 1 is 1.39 bits per heavy atom. The van der Waals surface area contributed by atoms with Crippen molar-refractivity contribution < 1.29 is 0 Å². The Morgan fingerprint density at radius 3 is 2.83 bits per heavy atom. The predicted molar refractivity (Wildman–Crippen MR) is 75.5 cm³/mol. The van der Waals surface area contributed by atoms with Crippen molar-refractivity contribution in [2.24, 2.45) is 0 Å². The number of aromatic nitrogens is 3. The lowest BCUT2D eigenvalue weighted by Gasteiger charge is -2.19. The van der Waals surface area contributed by atoms with E-state index in [0.717, 1.165) is 21.9 Å². The highest BCUT2D eigenvalue weighted by molar-refractivity contribution is 7.98. The maximum absolute atomic E-state index is 6.08. The minimum atomic E-state index is 0.482. The first-order valence-electron chi connectivity index (χ1n) is 5.79. The lowest BCUT2D eigenvalue weighted by Crippen LogP contribution is -2.21. The van der Waals surface area contributed by atoms with E-state index in [1.165, 1.54) is 24.6 Å². The van der Waals surface area contributed by atoms with Gasteiger partial charge in [0.25, 0.3) is 0 Å². The Bertz CT molecular complexity index is 600. The van der Waals surface area contributed by atoms with Gasteiger partial charge in [-0.25, -0.2) is 15.0 Å². The molecule has 1 aliphatic carbocycles. The molecule has 1 aliphatic rings. The highest BCUT2D eigenvalue weighted by atomic mass is 35.5. The smallest absolute Gasteiger partial charge is 0.187 e. The monoisotopic (exact) mass is 280 g/mol. The van der Waals surface area contributed by atoms with Crippen molar-refractivity contribution in [1.82, 2.24) is 15.0 Å². The predicted octanol–water partition coefficient (Wildman–Crippen LogP) is 3.00. The van der Waals surface area contributed by atoms with Gasteiger partial charge in [-0.3, -0.25) is 0 Å². The van der Waals surface area contributed by atoms with Crippen LogP contribution in [0.4, 0.5) is 5.82 Å². The lowest BCUT2D eigenvalue weighted by atomic mass is 10.3. The van der Waals surface area contributed by atoms with Gasteiger partial charge in [0.15, 0.2) is 5.16 Å². The number of pyridine rings is 1. The first-order valence-corrected chi connectivity index (χ1v) is 7.39. The molecule has 0 saturated heterocycles. The quantitative estimate of drug-likeness (QED) is 0.491. The molecular weight excluding hydrogens is 268 g/mol. The second-order valence-electron chi connectivity index (χ2n) is 4.40. The largest absolute Gasteiger partial charge is 0.356 e. The first kappa shape index (κ1) is 12.0. The minimum Gasteiger partial charge on any atom is -0.356 e. The van der Waals surface area contributed by atoms with Crippen molar-refractivity contribution in [2.75, 3.05) is 18.2 Å². The SMILES string of the molecule is CSc1ncc2c(N(C)C3CC3)nc(Cl)cc2n1.